The third-order valence-electron chi connectivity index (χ3n) is 6.71. The molecule has 1 unspecified atom stereocenters. The van der Waals surface area contributed by atoms with Gasteiger partial charge in [-0.15, -0.1) is 0 Å². The van der Waals surface area contributed by atoms with Crippen molar-refractivity contribution in [2.24, 2.45) is 10.7 Å². The molecule has 0 bridgehead atoms. The van der Waals surface area contributed by atoms with Crippen molar-refractivity contribution >= 4 is 38.5 Å². The Morgan fingerprint density at radius 3 is 2.26 bits per heavy atom. The van der Waals surface area contributed by atoms with Crippen LogP contribution in [0, 0.1) is 0 Å². The zero-order valence-corrected chi connectivity index (χ0v) is 21.8. The first-order chi connectivity index (χ1) is 18.2. The number of allylic oxidation sites excluding steroid dienone is 3. The van der Waals surface area contributed by atoms with E-state index < -0.39 is 11.9 Å². The van der Waals surface area contributed by atoms with Crippen LogP contribution < -0.4 is 11.1 Å². The van der Waals surface area contributed by atoms with Crippen molar-refractivity contribution in [2.45, 2.75) is 38.8 Å². The highest BCUT2D eigenvalue weighted by Crippen LogP contribution is 2.38. The van der Waals surface area contributed by atoms with Crippen LogP contribution in [0.3, 0.4) is 0 Å². The number of nitrogens with two attached hydrogens (primary N) is 1. The zero-order valence-electron chi connectivity index (χ0n) is 21.8. The van der Waals surface area contributed by atoms with E-state index in [1.165, 1.54) is 13.1 Å². The predicted molar refractivity (Wildman–Crippen MR) is 155 cm³/mol. The lowest BCUT2D eigenvalue weighted by Crippen LogP contribution is -2.21. The third-order valence-corrected chi connectivity index (χ3v) is 6.71. The summed E-state index contributed by atoms with van der Waals surface area (Å²) < 4.78 is 41.5. The smallest absolute Gasteiger partial charge is 0.386 e. The van der Waals surface area contributed by atoms with E-state index in [2.05, 4.69) is 22.4 Å². The minimum absolute atomic E-state index is 0.274. The molecule has 0 fully saturated rings. The Bertz CT molecular complexity index is 1510. The Labute approximate surface area is 221 Å². The summed E-state index contributed by atoms with van der Waals surface area (Å²) in [4.78, 5) is 3.59. The molecule has 0 aliphatic rings. The predicted octanol–water partition coefficient (Wildman–Crippen LogP) is 8.83. The molecule has 0 saturated heterocycles. The van der Waals surface area contributed by atoms with Gasteiger partial charge in [0.05, 0.1) is 5.82 Å². The van der Waals surface area contributed by atoms with Gasteiger partial charge in [0.25, 0.3) is 0 Å². The average Bonchev–Trinajstić information content (AvgIpc) is 2.90. The summed E-state index contributed by atoms with van der Waals surface area (Å²) in [6.45, 7) is 3.99. The second-order valence-electron chi connectivity index (χ2n) is 9.20. The van der Waals surface area contributed by atoms with Crippen LogP contribution in [0.15, 0.2) is 102 Å². The van der Waals surface area contributed by atoms with Gasteiger partial charge in [0.15, 0.2) is 0 Å². The Morgan fingerprint density at radius 2 is 1.61 bits per heavy atom. The molecule has 4 aromatic carbocycles. The van der Waals surface area contributed by atoms with E-state index >= 15 is 0 Å². The number of nitrogens with one attached hydrogen (secondary N) is 1. The van der Waals surface area contributed by atoms with Crippen LogP contribution in [0.5, 0.6) is 0 Å². The molecule has 0 radical (unpaired) electrons. The van der Waals surface area contributed by atoms with Crippen molar-refractivity contribution in [1.82, 2.24) is 0 Å². The van der Waals surface area contributed by atoms with Crippen molar-refractivity contribution in [3.63, 3.8) is 0 Å². The van der Waals surface area contributed by atoms with Gasteiger partial charge in [-0.1, -0.05) is 74.5 Å². The molecule has 0 spiro atoms. The van der Waals surface area contributed by atoms with Gasteiger partial charge < -0.3 is 11.1 Å². The second-order valence-corrected chi connectivity index (χ2v) is 9.20. The molecule has 196 valence electrons. The van der Waals surface area contributed by atoms with Crippen LogP contribution in [-0.2, 0) is 0 Å². The number of rotatable bonds is 8. The van der Waals surface area contributed by atoms with E-state index in [0.29, 0.717) is 17.8 Å². The highest BCUT2D eigenvalue weighted by molar-refractivity contribution is 6.09. The maximum Gasteiger partial charge on any atom is 0.432 e. The molecule has 4 aromatic rings. The number of alkyl halides is 3. The first-order valence-corrected chi connectivity index (χ1v) is 12.7. The quantitative estimate of drug-likeness (QED) is 0.182. The van der Waals surface area contributed by atoms with Crippen molar-refractivity contribution in [3.05, 3.63) is 108 Å². The minimum Gasteiger partial charge on any atom is -0.386 e. The van der Waals surface area contributed by atoms with E-state index in [-0.39, 0.29) is 5.92 Å². The Balaban J connectivity index is 1.82. The molecular formula is C32H32F3N3. The first kappa shape index (κ1) is 27.0. The monoisotopic (exact) mass is 515 g/mol. The van der Waals surface area contributed by atoms with Crippen LogP contribution in [0.25, 0.3) is 27.1 Å². The van der Waals surface area contributed by atoms with E-state index in [9.17, 15) is 13.2 Å². The molecule has 6 heteroatoms. The van der Waals surface area contributed by atoms with Crippen molar-refractivity contribution < 1.29 is 13.2 Å². The number of hydrogen-bond acceptors (Lipinski definition) is 3. The standard InChI is InChI=1S/C32H32F3N3/c1-4-8-31(36)38-25-16-13-22(14-17-25)26(5-2)29(20-30(37-3)32(33,34)35)24-15-18-28-23(19-24)12-11-21-9-6-7-10-27(21)28/h6-20,26,38H,4-5,36H2,1-3H3/b29-20-,31-8+,37-30?. The van der Waals surface area contributed by atoms with Gasteiger partial charge in [-0.05, 0) is 81.4 Å². The maximum absolute atomic E-state index is 13.8. The van der Waals surface area contributed by atoms with Crippen LogP contribution >= 0.6 is 0 Å². The SMILES string of the molecule is CC/C=C(\N)Nc1ccc(C(CC)/C(=C\C(=NC)C(F)(F)F)c2ccc3c(ccc4ccccc43)c2)cc1. The van der Waals surface area contributed by atoms with E-state index in [4.69, 9.17) is 5.73 Å². The molecule has 3 N–H and O–H groups in total. The van der Waals surface area contributed by atoms with Crippen LogP contribution in [0.4, 0.5) is 18.9 Å². The first-order valence-electron chi connectivity index (χ1n) is 12.7. The summed E-state index contributed by atoms with van der Waals surface area (Å²) >= 11 is 0. The van der Waals surface area contributed by atoms with Gasteiger partial charge in [0, 0.05) is 18.7 Å². The maximum atomic E-state index is 13.8. The second kappa shape index (κ2) is 11.5. The molecule has 3 nitrogen and oxygen atoms in total. The van der Waals surface area contributed by atoms with Gasteiger partial charge in [-0.3, -0.25) is 4.99 Å². The number of benzene rings is 4. The molecule has 4 rings (SSSR count). The summed E-state index contributed by atoms with van der Waals surface area (Å²) in [6.07, 6.45) is -0.0474. The highest BCUT2D eigenvalue weighted by atomic mass is 19.4. The Kier molecular flexibility index (Phi) is 8.20. The number of fused-ring (bicyclic) bond motifs is 3. The Hall–Kier alpha value is -4.06. The van der Waals surface area contributed by atoms with Crippen LogP contribution in [0.1, 0.15) is 43.7 Å². The summed E-state index contributed by atoms with van der Waals surface area (Å²) in [5, 5.41) is 7.41. The number of hydrogen-bond donors (Lipinski definition) is 2. The summed E-state index contributed by atoms with van der Waals surface area (Å²) in [5.74, 6) is 0.287. The molecule has 0 aliphatic carbocycles. The van der Waals surface area contributed by atoms with Gasteiger partial charge in [-0.25, -0.2) is 0 Å². The normalized spacial score (nSPS) is 14.2. The Morgan fingerprint density at radius 1 is 0.921 bits per heavy atom. The molecule has 0 aliphatic heterocycles. The van der Waals surface area contributed by atoms with Crippen LogP contribution in [0.2, 0.25) is 0 Å². The van der Waals surface area contributed by atoms with Crippen molar-refractivity contribution in [2.75, 3.05) is 12.4 Å². The van der Waals surface area contributed by atoms with Crippen molar-refractivity contribution in [3.8, 4) is 0 Å². The summed E-state index contributed by atoms with van der Waals surface area (Å²) in [7, 11) is 1.18. The molecule has 0 heterocycles. The highest BCUT2D eigenvalue weighted by Gasteiger charge is 2.34. The average molecular weight is 516 g/mol. The van der Waals surface area contributed by atoms with Gasteiger partial charge in [0.1, 0.15) is 5.71 Å². The molecule has 0 saturated carbocycles. The van der Waals surface area contributed by atoms with Crippen molar-refractivity contribution in [1.29, 1.82) is 0 Å². The van der Waals surface area contributed by atoms with Gasteiger partial charge in [-0.2, -0.15) is 13.2 Å². The fraction of sp³-hybridized carbons (Fsp3) is 0.219. The largest absolute Gasteiger partial charge is 0.432 e. The molecule has 1 atom stereocenters. The summed E-state index contributed by atoms with van der Waals surface area (Å²) in [5.41, 5.74) is 8.12. The summed E-state index contributed by atoms with van der Waals surface area (Å²) in [6, 6.07) is 25.7. The van der Waals surface area contributed by atoms with E-state index in [1.54, 1.807) is 0 Å². The minimum atomic E-state index is -4.55. The number of aliphatic imine (C=N–C) groups is 1. The van der Waals surface area contributed by atoms with Gasteiger partial charge in [0.2, 0.25) is 0 Å². The third kappa shape index (κ3) is 5.91. The topological polar surface area (TPSA) is 50.4 Å². The number of halogens is 3. The fourth-order valence-electron chi connectivity index (χ4n) is 4.87. The van der Waals surface area contributed by atoms with Gasteiger partial charge >= 0.3 is 6.18 Å². The van der Waals surface area contributed by atoms with Crippen LogP contribution in [-0.4, -0.2) is 18.9 Å². The lowest BCUT2D eigenvalue weighted by molar-refractivity contribution is -0.0577. The fourth-order valence-corrected chi connectivity index (χ4v) is 4.87. The molecule has 0 amide bonds. The number of anilines is 1. The molecule has 0 aromatic heterocycles. The number of nitrogens with zero attached hydrogens (tertiary/aromatic N) is 1. The lowest BCUT2D eigenvalue weighted by atomic mass is 9.83. The molecular weight excluding hydrogens is 483 g/mol. The lowest BCUT2D eigenvalue weighted by Gasteiger charge is -2.22. The molecule has 38 heavy (non-hydrogen) atoms. The van der Waals surface area contributed by atoms with E-state index in [1.807, 2.05) is 86.7 Å². The van der Waals surface area contributed by atoms with E-state index in [0.717, 1.165) is 44.8 Å². The zero-order chi connectivity index (χ0) is 27.3.